The predicted molar refractivity (Wildman–Crippen MR) is 78.4 cm³/mol. The zero-order valence-corrected chi connectivity index (χ0v) is 12.0. The number of hydrogen-bond acceptors (Lipinski definition) is 4. The number of anilines is 1. The van der Waals surface area contributed by atoms with E-state index in [9.17, 15) is 8.60 Å². The van der Waals surface area contributed by atoms with Crippen LogP contribution in [0.25, 0.3) is 0 Å². The van der Waals surface area contributed by atoms with Crippen molar-refractivity contribution in [3.8, 4) is 11.5 Å². The number of nitrogen functional groups attached to an aromatic ring is 1. The van der Waals surface area contributed by atoms with E-state index in [4.69, 9.17) is 15.2 Å². The maximum absolute atomic E-state index is 13.2. The number of fused-ring (bicyclic) bond motifs is 1. The van der Waals surface area contributed by atoms with Crippen molar-refractivity contribution >= 4 is 16.5 Å². The molecule has 1 heterocycles. The van der Waals surface area contributed by atoms with Gasteiger partial charge in [-0.1, -0.05) is 6.07 Å². The molecule has 6 heteroatoms. The lowest BCUT2D eigenvalue weighted by atomic mass is 10.2. The van der Waals surface area contributed by atoms with Crippen LogP contribution in [0.15, 0.2) is 41.3 Å². The largest absolute Gasteiger partial charge is 0.486 e. The van der Waals surface area contributed by atoms with Crippen LogP contribution in [0.2, 0.25) is 0 Å². The molecule has 2 aromatic carbocycles. The lowest BCUT2D eigenvalue weighted by Gasteiger charge is -2.20. The number of ether oxygens (including phenoxy) is 2. The van der Waals surface area contributed by atoms with Gasteiger partial charge in [-0.2, -0.15) is 0 Å². The Bertz CT molecular complexity index is 705. The molecule has 0 saturated carbocycles. The zero-order valence-electron chi connectivity index (χ0n) is 11.2. The van der Waals surface area contributed by atoms with Gasteiger partial charge in [-0.15, -0.1) is 0 Å². The summed E-state index contributed by atoms with van der Waals surface area (Å²) in [5.74, 6) is 0.989. The van der Waals surface area contributed by atoms with Gasteiger partial charge >= 0.3 is 0 Å². The van der Waals surface area contributed by atoms with Gasteiger partial charge in [0.2, 0.25) is 0 Å². The van der Waals surface area contributed by atoms with E-state index in [2.05, 4.69) is 0 Å². The lowest BCUT2D eigenvalue weighted by molar-refractivity contribution is 0.171. The minimum absolute atomic E-state index is 0.200. The third kappa shape index (κ3) is 3.00. The van der Waals surface area contributed by atoms with Crippen LogP contribution in [0.5, 0.6) is 11.5 Å². The van der Waals surface area contributed by atoms with Crippen molar-refractivity contribution in [2.24, 2.45) is 0 Å². The fraction of sp³-hybridized carbons (Fsp3) is 0.200. The Morgan fingerprint density at radius 2 is 1.86 bits per heavy atom. The molecule has 1 aliphatic heterocycles. The van der Waals surface area contributed by atoms with Gasteiger partial charge < -0.3 is 15.2 Å². The van der Waals surface area contributed by atoms with E-state index in [0.717, 1.165) is 0 Å². The monoisotopic (exact) mass is 307 g/mol. The molecule has 3 rings (SSSR count). The molecule has 0 aliphatic carbocycles. The van der Waals surface area contributed by atoms with Crippen LogP contribution >= 0.6 is 0 Å². The summed E-state index contributed by atoms with van der Waals surface area (Å²) in [6.07, 6.45) is 0. The highest BCUT2D eigenvalue weighted by molar-refractivity contribution is 7.84. The molecular formula is C15H14FNO3S. The molecule has 2 aromatic rings. The fourth-order valence-corrected chi connectivity index (χ4v) is 3.28. The first kappa shape index (κ1) is 13.9. The number of halogens is 1. The number of nitrogens with two attached hydrogens (primary N) is 1. The standard InChI is InChI=1S/C15H14FNO3S/c16-11-2-1-3-12(7-11)21(18)9-10-6-14-15(8-13(10)17)20-5-4-19-14/h1-3,6-8H,4-5,9,17H2. The van der Waals surface area contributed by atoms with Gasteiger partial charge in [0.05, 0.1) is 16.6 Å². The molecule has 0 aromatic heterocycles. The summed E-state index contributed by atoms with van der Waals surface area (Å²) in [7, 11) is -1.37. The summed E-state index contributed by atoms with van der Waals surface area (Å²) in [6, 6.07) is 9.17. The normalized spacial score (nSPS) is 14.7. The van der Waals surface area contributed by atoms with Crippen LogP contribution < -0.4 is 15.2 Å². The summed E-state index contributed by atoms with van der Waals surface area (Å²) in [5.41, 5.74) is 7.14. The Morgan fingerprint density at radius 3 is 2.57 bits per heavy atom. The van der Waals surface area contributed by atoms with E-state index in [1.807, 2.05) is 0 Å². The molecule has 4 nitrogen and oxygen atoms in total. The van der Waals surface area contributed by atoms with Gasteiger partial charge in [0, 0.05) is 16.6 Å². The number of benzene rings is 2. The molecule has 21 heavy (non-hydrogen) atoms. The Morgan fingerprint density at radius 1 is 1.14 bits per heavy atom. The Hall–Kier alpha value is -2.08. The zero-order chi connectivity index (χ0) is 14.8. The molecular weight excluding hydrogens is 293 g/mol. The quantitative estimate of drug-likeness (QED) is 0.885. The average molecular weight is 307 g/mol. The smallest absolute Gasteiger partial charge is 0.163 e. The Labute approximate surface area is 124 Å². The van der Waals surface area contributed by atoms with Gasteiger partial charge in [-0.3, -0.25) is 4.21 Å². The van der Waals surface area contributed by atoms with Gasteiger partial charge in [-0.05, 0) is 29.8 Å². The molecule has 1 unspecified atom stereocenters. The van der Waals surface area contributed by atoms with E-state index >= 15 is 0 Å². The molecule has 1 aliphatic rings. The number of rotatable bonds is 3. The van der Waals surface area contributed by atoms with Crippen molar-refractivity contribution in [3.63, 3.8) is 0 Å². The molecule has 0 radical (unpaired) electrons. The van der Waals surface area contributed by atoms with Crippen molar-refractivity contribution in [2.45, 2.75) is 10.6 Å². The molecule has 2 N–H and O–H groups in total. The van der Waals surface area contributed by atoms with E-state index in [-0.39, 0.29) is 5.75 Å². The highest BCUT2D eigenvalue weighted by Crippen LogP contribution is 2.35. The Kier molecular flexibility index (Phi) is 3.79. The molecule has 0 amide bonds. The minimum atomic E-state index is -1.37. The third-order valence-corrected chi connectivity index (χ3v) is 4.50. The van der Waals surface area contributed by atoms with Gasteiger partial charge in [-0.25, -0.2) is 4.39 Å². The van der Waals surface area contributed by atoms with Gasteiger partial charge in [0.1, 0.15) is 19.0 Å². The Balaban J connectivity index is 1.86. The summed E-state index contributed by atoms with van der Waals surface area (Å²) in [6.45, 7) is 0.963. The second-order valence-corrected chi connectivity index (χ2v) is 6.09. The van der Waals surface area contributed by atoms with Crippen molar-refractivity contribution in [1.29, 1.82) is 0 Å². The predicted octanol–water partition coefficient (Wildman–Crippen LogP) is 2.49. The second-order valence-electron chi connectivity index (χ2n) is 4.64. The first-order valence-corrected chi connectivity index (χ1v) is 7.77. The van der Waals surface area contributed by atoms with E-state index in [1.165, 1.54) is 18.2 Å². The summed E-state index contributed by atoms with van der Waals surface area (Å²) >= 11 is 0. The summed E-state index contributed by atoms with van der Waals surface area (Å²) in [4.78, 5) is 0.435. The lowest BCUT2D eigenvalue weighted by Crippen LogP contribution is -2.16. The topological polar surface area (TPSA) is 61.6 Å². The molecule has 0 spiro atoms. The molecule has 0 fully saturated rings. The van der Waals surface area contributed by atoms with Crippen molar-refractivity contribution in [3.05, 3.63) is 47.8 Å². The highest BCUT2D eigenvalue weighted by Gasteiger charge is 2.16. The molecule has 1 atom stereocenters. The minimum Gasteiger partial charge on any atom is -0.486 e. The van der Waals surface area contributed by atoms with E-state index in [1.54, 1.807) is 18.2 Å². The van der Waals surface area contributed by atoms with Gasteiger partial charge in [0.15, 0.2) is 11.5 Å². The highest BCUT2D eigenvalue weighted by atomic mass is 32.2. The van der Waals surface area contributed by atoms with Crippen LogP contribution in [0.3, 0.4) is 0 Å². The second kappa shape index (κ2) is 5.73. The maximum atomic E-state index is 13.2. The molecule has 0 bridgehead atoms. The van der Waals surface area contributed by atoms with Crippen molar-refractivity contribution in [1.82, 2.24) is 0 Å². The van der Waals surface area contributed by atoms with Crippen LogP contribution in [0, 0.1) is 5.82 Å². The van der Waals surface area contributed by atoms with Crippen LogP contribution in [0.1, 0.15) is 5.56 Å². The maximum Gasteiger partial charge on any atom is 0.163 e. The summed E-state index contributed by atoms with van der Waals surface area (Å²) in [5, 5.41) is 0. The van der Waals surface area contributed by atoms with E-state index < -0.39 is 16.6 Å². The van der Waals surface area contributed by atoms with Crippen molar-refractivity contribution in [2.75, 3.05) is 18.9 Å². The van der Waals surface area contributed by atoms with Crippen LogP contribution in [-0.4, -0.2) is 17.4 Å². The first-order valence-electron chi connectivity index (χ1n) is 6.45. The molecule has 0 saturated heterocycles. The molecule has 110 valence electrons. The van der Waals surface area contributed by atoms with Gasteiger partial charge in [0.25, 0.3) is 0 Å². The van der Waals surface area contributed by atoms with Crippen LogP contribution in [0.4, 0.5) is 10.1 Å². The number of hydrogen-bond donors (Lipinski definition) is 1. The summed E-state index contributed by atoms with van der Waals surface area (Å²) < 4.78 is 36.4. The van der Waals surface area contributed by atoms with Crippen molar-refractivity contribution < 1.29 is 18.1 Å². The van der Waals surface area contributed by atoms with Crippen LogP contribution in [-0.2, 0) is 16.6 Å². The SMILES string of the molecule is Nc1cc2c(cc1CS(=O)c1cccc(F)c1)OCCO2. The van der Waals surface area contributed by atoms with E-state index in [0.29, 0.717) is 40.9 Å². The average Bonchev–Trinajstić information content (AvgIpc) is 2.48. The fourth-order valence-electron chi connectivity index (χ4n) is 2.10. The third-order valence-electron chi connectivity index (χ3n) is 3.15. The first-order chi connectivity index (χ1) is 10.1.